The SMILES string of the molecule is O=C(Cc1cccc2ccccc12)Nc1ccc(Br)cc1. The third-order valence-electron chi connectivity index (χ3n) is 3.36. The molecule has 0 atom stereocenters. The summed E-state index contributed by atoms with van der Waals surface area (Å²) in [6.45, 7) is 0. The molecule has 3 aromatic carbocycles. The number of benzene rings is 3. The predicted octanol–water partition coefficient (Wildman–Crippen LogP) is 4.78. The first-order valence-electron chi connectivity index (χ1n) is 6.74. The van der Waals surface area contributed by atoms with Crippen molar-refractivity contribution in [2.45, 2.75) is 6.42 Å². The van der Waals surface area contributed by atoms with Gasteiger partial charge in [-0.2, -0.15) is 0 Å². The van der Waals surface area contributed by atoms with Crippen LogP contribution in [0.2, 0.25) is 0 Å². The largest absolute Gasteiger partial charge is 0.326 e. The number of hydrogen-bond acceptors (Lipinski definition) is 1. The fourth-order valence-electron chi connectivity index (χ4n) is 2.36. The second-order valence-corrected chi connectivity index (χ2v) is 5.79. The van der Waals surface area contributed by atoms with E-state index in [-0.39, 0.29) is 5.91 Å². The van der Waals surface area contributed by atoms with Crippen LogP contribution in [0.5, 0.6) is 0 Å². The lowest BCUT2D eigenvalue weighted by Gasteiger charge is -2.08. The lowest BCUT2D eigenvalue weighted by Crippen LogP contribution is -2.14. The zero-order valence-corrected chi connectivity index (χ0v) is 12.9. The monoisotopic (exact) mass is 339 g/mol. The van der Waals surface area contributed by atoms with E-state index < -0.39 is 0 Å². The van der Waals surface area contributed by atoms with Crippen molar-refractivity contribution in [1.29, 1.82) is 0 Å². The Morgan fingerprint density at radius 1 is 0.905 bits per heavy atom. The summed E-state index contributed by atoms with van der Waals surface area (Å²) in [5.41, 5.74) is 1.85. The molecule has 0 aliphatic heterocycles. The van der Waals surface area contributed by atoms with Crippen LogP contribution in [0.15, 0.2) is 71.2 Å². The Bertz CT molecular complexity index is 775. The van der Waals surface area contributed by atoms with Gasteiger partial charge < -0.3 is 5.32 Å². The van der Waals surface area contributed by atoms with E-state index in [0.29, 0.717) is 6.42 Å². The first-order chi connectivity index (χ1) is 10.2. The van der Waals surface area contributed by atoms with Crippen molar-refractivity contribution in [3.63, 3.8) is 0 Å². The number of carbonyl (C=O) groups excluding carboxylic acids is 1. The van der Waals surface area contributed by atoms with E-state index in [1.807, 2.05) is 48.5 Å². The first-order valence-corrected chi connectivity index (χ1v) is 7.54. The van der Waals surface area contributed by atoms with Crippen LogP contribution in [0.4, 0.5) is 5.69 Å². The van der Waals surface area contributed by atoms with Crippen LogP contribution < -0.4 is 5.32 Å². The van der Waals surface area contributed by atoms with Crippen LogP contribution >= 0.6 is 15.9 Å². The lowest BCUT2D eigenvalue weighted by molar-refractivity contribution is -0.115. The summed E-state index contributed by atoms with van der Waals surface area (Å²) >= 11 is 3.38. The Balaban J connectivity index is 1.79. The fraction of sp³-hybridized carbons (Fsp3) is 0.0556. The summed E-state index contributed by atoms with van der Waals surface area (Å²) < 4.78 is 0.995. The van der Waals surface area contributed by atoms with Crippen molar-refractivity contribution in [3.05, 3.63) is 76.8 Å². The molecule has 0 spiro atoms. The molecule has 1 amide bonds. The second kappa shape index (κ2) is 6.10. The Hall–Kier alpha value is -2.13. The van der Waals surface area contributed by atoms with Crippen molar-refractivity contribution >= 4 is 38.3 Å². The molecule has 0 aliphatic carbocycles. The van der Waals surface area contributed by atoms with Gasteiger partial charge in [0.2, 0.25) is 5.91 Å². The summed E-state index contributed by atoms with van der Waals surface area (Å²) in [5.74, 6) is -0.00586. The second-order valence-electron chi connectivity index (χ2n) is 4.87. The van der Waals surface area contributed by atoms with Gasteiger partial charge in [0, 0.05) is 10.2 Å². The summed E-state index contributed by atoms with van der Waals surface area (Å²) in [7, 11) is 0. The van der Waals surface area contributed by atoms with E-state index in [2.05, 4.69) is 39.4 Å². The van der Waals surface area contributed by atoms with Gasteiger partial charge in [0.15, 0.2) is 0 Å². The zero-order chi connectivity index (χ0) is 14.7. The number of nitrogens with one attached hydrogen (secondary N) is 1. The van der Waals surface area contributed by atoms with E-state index in [9.17, 15) is 4.79 Å². The maximum absolute atomic E-state index is 12.2. The smallest absolute Gasteiger partial charge is 0.228 e. The summed E-state index contributed by atoms with van der Waals surface area (Å²) in [6.07, 6.45) is 0.372. The minimum atomic E-state index is -0.00586. The highest BCUT2D eigenvalue weighted by Gasteiger charge is 2.07. The third kappa shape index (κ3) is 3.31. The molecule has 0 radical (unpaired) electrons. The minimum Gasteiger partial charge on any atom is -0.326 e. The molecule has 104 valence electrons. The van der Waals surface area contributed by atoms with Crippen LogP contribution in [-0.4, -0.2) is 5.91 Å². The molecular formula is C18H14BrNO. The van der Waals surface area contributed by atoms with Gasteiger partial charge in [-0.15, -0.1) is 0 Å². The molecule has 0 saturated carbocycles. The van der Waals surface area contributed by atoms with E-state index in [0.717, 1.165) is 26.5 Å². The summed E-state index contributed by atoms with van der Waals surface area (Å²) in [6, 6.07) is 21.8. The van der Waals surface area contributed by atoms with Crippen LogP contribution in [0.1, 0.15) is 5.56 Å². The lowest BCUT2D eigenvalue weighted by atomic mass is 10.0. The topological polar surface area (TPSA) is 29.1 Å². The first kappa shape index (κ1) is 13.8. The number of amides is 1. The average molecular weight is 340 g/mol. The Morgan fingerprint density at radius 2 is 1.62 bits per heavy atom. The van der Waals surface area contributed by atoms with Crippen molar-refractivity contribution in [3.8, 4) is 0 Å². The summed E-state index contributed by atoms with van der Waals surface area (Å²) in [4.78, 5) is 12.2. The molecule has 0 aliphatic rings. The van der Waals surface area contributed by atoms with Crippen molar-refractivity contribution < 1.29 is 4.79 Å². The number of hydrogen-bond donors (Lipinski definition) is 1. The molecule has 3 rings (SSSR count). The highest BCUT2D eigenvalue weighted by molar-refractivity contribution is 9.10. The van der Waals surface area contributed by atoms with Crippen molar-refractivity contribution in [2.24, 2.45) is 0 Å². The van der Waals surface area contributed by atoms with Gasteiger partial charge in [0.1, 0.15) is 0 Å². The van der Waals surface area contributed by atoms with Gasteiger partial charge in [-0.1, -0.05) is 58.4 Å². The van der Waals surface area contributed by atoms with Crippen LogP contribution in [0.3, 0.4) is 0 Å². The summed E-state index contributed by atoms with van der Waals surface area (Å²) in [5, 5.41) is 5.21. The molecule has 21 heavy (non-hydrogen) atoms. The Morgan fingerprint density at radius 3 is 2.43 bits per heavy atom. The van der Waals surface area contributed by atoms with Gasteiger partial charge in [-0.05, 0) is 40.6 Å². The normalized spacial score (nSPS) is 10.5. The standard InChI is InChI=1S/C18H14BrNO/c19-15-8-10-16(11-9-15)20-18(21)12-14-6-3-5-13-4-1-2-7-17(13)14/h1-11H,12H2,(H,20,21). The molecule has 0 heterocycles. The fourth-order valence-corrected chi connectivity index (χ4v) is 2.62. The molecule has 0 unspecified atom stereocenters. The van der Waals surface area contributed by atoms with E-state index in [1.165, 1.54) is 0 Å². The minimum absolute atomic E-state index is 0.00586. The molecule has 1 N–H and O–H groups in total. The molecule has 3 heteroatoms. The number of halogens is 1. The van der Waals surface area contributed by atoms with E-state index >= 15 is 0 Å². The van der Waals surface area contributed by atoms with Crippen LogP contribution in [-0.2, 0) is 11.2 Å². The average Bonchev–Trinajstić information content (AvgIpc) is 2.50. The highest BCUT2D eigenvalue weighted by Crippen LogP contribution is 2.20. The number of anilines is 1. The van der Waals surface area contributed by atoms with Gasteiger partial charge >= 0.3 is 0 Å². The number of fused-ring (bicyclic) bond motifs is 1. The molecule has 0 saturated heterocycles. The van der Waals surface area contributed by atoms with Gasteiger partial charge in [0.25, 0.3) is 0 Å². The van der Waals surface area contributed by atoms with Crippen LogP contribution in [0.25, 0.3) is 10.8 Å². The van der Waals surface area contributed by atoms with Gasteiger partial charge in [0.05, 0.1) is 6.42 Å². The highest BCUT2D eigenvalue weighted by atomic mass is 79.9. The Kier molecular flexibility index (Phi) is 4.02. The van der Waals surface area contributed by atoms with Gasteiger partial charge in [-0.25, -0.2) is 0 Å². The zero-order valence-electron chi connectivity index (χ0n) is 11.3. The molecule has 0 fully saturated rings. The maximum atomic E-state index is 12.2. The molecule has 2 nitrogen and oxygen atoms in total. The molecule has 0 aromatic heterocycles. The maximum Gasteiger partial charge on any atom is 0.228 e. The Labute approximate surface area is 131 Å². The molecular weight excluding hydrogens is 326 g/mol. The molecule has 0 bridgehead atoms. The molecule has 3 aromatic rings. The van der Waals surface area contributed by atoms with E-state index in [1.54, 1.807) is 0 Å². The third-order valence-corrected chi connectivity index (χ3v) is 3.89. The van der Waals surface area contributed by atoms with Crippen LogP contribution in [0, 0.1) is 0 Å². The number of rotatable bonds is 3. The number of carbonyl (C=O) groups is 1. The van der Waals surface area contributed by atoms with Crippen molar-refractivity contribution in [1.82, 2.24) is 0 Å². The predicted molar refractivity (Wildman–Crippen MR) is 90.4 cm³/mol. The van der Waals surface area contributed by atoms with Gasteiger partial charge in [-0.3, -0.25) is 4.79 Å². The quantitative estimate of drug-likeness (QED) is 0.730. The van der Waals surface area contributed by atoms with Crippen molar-refractivity contribution in [2.75, 3.05) is 5.32 Å². The van der Waals surface area contributed by atoms with E-state index in [4.69, 9.17) is 0 Å².